The highest BCUT2D eigenvalue weighted by atomic mass is 32.2. The third kappa shape index (κ3) is 4.75. The molecular formula is C20H17FN2O2S2. The molecule has 1 heterocycles. The lowest BCUT2D eigenvalue weighted by atomic mass is 10.2. The second-order valence-electron chi connectivity index (χ2n) is 5.88. The molecule has 1 N–H and O–H groups in total. The van der Waals surface area contributed by atoms with Crippen LogP contribution in [0.1, 0.15) is 9.67 Å². The molecule has 0 aliphatic rings. The lowest BCUT2D eigenvalue weighted by molar-refractivity contribution is 0.103. The number of hydrogen-bond donors (Lipinski definition) is 1. The number of nitrogens with zero attached hydrogens (tertiary/aromatic N) is 1. The van der Waals surface area contributed by atoms with Gasteiger partial charge in [-0.05, 0) is 54.2 Å². The molecule has 2 amide bonds. The molecule has 1 aromatic heterocycles. The molecule has 0 atom stereocenters. The van der Waals surface area contributed by atoms with Crippen LogP contribution in [-0.4, -0.2) is 30.1 Å². The van der Waals surface area contributed by atoms with Gasteiger partial charge in [0, 0.05) is 35.1 Å². The molecule has 0 aliphatic carbocycles. The summed E-state index contributed by atoms with van der Waals surface area (Å²) in [5.74, 6) is -0.570. The predicted molar refractivity (Wildman–Crippen MR) is 109 cm³/mol. The highest BCUT2D eigenvalue weighted by Crippen LogP contribution is 2.30. The number of rotatable bonds is 4. The van der Waals surface area contributed by atoms with Gasteiger partial charge in [-0.25, -0.2) is 4.39 Å². The van der Waals surface area contributed by atoms with Gasteiger partial charge in [0.1, 0.15) is 5.82 Å². The van der Waals surface area contributed by atoms with E-state index in [1.54, 1.807) is 68.7 Å². The molecule has 27 heavy (non-hydrogen) atoms. The van der Waals surface area contributed by atoms with Crippen LogP contribution >= 0.6 is 23.1 Å². The normalized spacial score (nSPS) is 10.5. The Hall–Kier alpha value is -2.64. The number of nitrogens with one attached hydrogen (secondary N) is 1. The van der Waals surface area contributed by atoms with Crippen molar-refractivity contribution < 1.29 is 14.0 Å². The van der Waals surface area contributed by atoms with Crippen LogP contribution in [0.2, 0.25) is 0 Å². The van der Waals surface area contributed by atoms with E-state index in [1.807, 2.05) is 0 Å². The molecule has 0 unspecified atom stereocenters. The first kappa shape index (κ1) is 19.1. The molecule has 0 saturated carbocycles. The number of carbonyl (C=O) groups excluding carboxylic acids is 2. The van der Waals surface area contributed by atoms with Crippen LogP contribution in [-0.2, 0) is 0 Å². The van der Waals surface area contributed by atoms with Crippen LogP contribution in [0.3, 0.4) is 0 Å². The van der Waals surface area contributed by atoms with Crippen molar-refractivity contribution in [3.63, 3.8) is 0 Å². The van der Waals surface area contributed by atoms with E-state index >= 15 is 0 Å². The summed E-state index contributed by atoms with van der Waals surface area (Å²) in [6.45, 7) is 0. The molecule has 3 aromatic rings. The molecule has 138 valence electrons. The van der Waals surface area contributed by atoms with Crippen LogP contribution in [0.15, 0.2) is 65.6 Å². The van der Waals surface area contributed by atoms with Gasteiger partial charge < -0.3 is 10.2 Å². The molecule has 0 saturated heterocycles. The number of thiophene rings is 1. The zero-order valence-corrected chi connectivity index (χ0v) is 16.4. The highest BCUT2D eigenvalue weighted by molar-refractivity contribution is 8.13. The molecule has 3 rings (SSSR count). The van der Waals surface area contributed by atoms with Crippen molar-refractivity contribution in [1.82, 2.24) is 4.90 Å². The standard InChI is InChI=1S/C20H17FN2O2S2/c1-23(2)20(25)26-14-9-7-13(8-10-14)22-19(24)18-12-11-17(27-18)15-5-3-4-6-16(15)21/h3-12H,1-2H3,(H,22,24). The van der Waals surface area contributed by atoms with Gasteiger partial charge >= 0.3 is 0 Å². The minimum atomic E-state index is -0.313. The lowest BCUT2D eigenvalue weighted by Crippen LogP contribution is -2.16. The molecule has 0 spiro atoms. The van der Waals surface area contributed by atoms with Gasteiger partial charge in [-0.15, -0.1) is 11.3 Å². The van der Waals surface area contributed by atoms with Crippen molar-refractivity contribution in [2.45, 2.75) is 4.90 Å². The Morgan fingerprint density at radius 2 is 1.70 bits per heavy atom. The van der Waals surface area contributed by atoms with Crippen LogP contribution in [0.25, 0.3) is 10.4 Å². The summed E-state index contributed by atoms with van der Waals surface area (Å²) in [5.41, 5.74) is 1.11. The van der Waals surface area contributed by atoms with E-state index in [9.17, 15) is 14.0 Å². The number of amides is 2. The molecule has 0 radical (unpaired) electrons. The van der Waals surface area contributed by atoms with E-state index in [1.165, 1.54) is 22.3 Å². The van der Waals surface area contributed by atoms with Gasteiger partial charge in [0.15, 0.2) is 0 Å². The third-order valence-electron chi connectivity index (χ3n) is 3.65. The Morgan fingerprint density at radius 3 is 2.37 bits per heavy atom. The number of thioether (sulfide) groups is 1. The summed E-state index contributed by atoms with van der Waals surface area (Å²) in [6, 6.07) is 17.0. The second-order valence-corrected chi connectivity index (χ2v) is 7.99. The molecule has 4 nitrogen and oxygen atoms in total. The average molecular weight is 401 g/mol. The Bertz CT molecular complexity index is 968. The Morgan fingerprint density at radius 1 is 1.00 bits per heavy atom. The summed E-state index contributed by atoms with van der Waals surface area (Å²) in [7, 11) is 3.39. The van der Waals surface area contributed by atoms with Crippen molar-refractivity contribution in [2.24, 2.45) is 0 Å². The van der Waals surface area contributed by atoms with E-state index in [4.69, 9.17) is 0 Å². The first-order chi connectivity index (χ1) is 12.9. The van der Waals surface area contributed by atoms with E-state index < -0.39 is 0 Å². The number of halogens is 1. The van der Waals surface area contributed by atoms with E-state index in [-0.39, 0.29) is 17.0 Å². The summed E-state index contributed by atoms with van der Waals surface area (Å²) in [5, 5.41) is 2.75. The van der Waals surface area contributed by atoms with Gasteiger partial charge in [0.05, 0.1) is 4.88 Å². The van der Waals surface area contributed by atoms with Crippen molar-refractivity contribution in [3.05, 3.63) is 71.4 Å². The Labute approximate surface area is 165 Å². The highest BCUT2D eigenvalue weighted by Gasteiger charge is 2.13. The van der Waals surface area contributed by atoms with E-state index in [0.29, 0.717) is 21.0 Å². The fourth-order valence-electron chi connectivity index (χ4n) is 2.26. The smallest absolute Gasteiger partial charge is 0.285 e. The van der Waals surface area contributed by atoms with Gasteiger partial charge in [0.25, 0.3) is 11.1 Å². The third-order valence-corrected chi connectivity index (χ3v) is 5.82. The summed E-state index contributed by atoms with van der Waals surface area (Å²) in [4.78, 5) is 27.6. The van der Waals surface area contributed by atoms with Crippen molar-refractivity contribution >= 4 is 39.9 Å². The minimum absolute atomic E-state index is 0.0638. The number of hydrogen-bond acceptors (Lipinski definition) is 4. The van der Waals surface area contributed by atoms with Crippen LogP contribution in [0.5, 0.6) is 0 Å². The largest absolute Gasteiger partial charge is 0.339 e. The van der Waals surface area contributed by atoms with Gasteiger partial charge in [0.2, 0.25) is 0 Å². The van der Waals surface area contributed by atoms with E-state index in [0.717, 1.165) is 16.7 Å². The topological polar surface area (TPSA) is 49.4 Å². The summed E-state index contributed by atoms with van der Waals surface area (Å²) in [6.07, 6.45) is 0. The maximum absolute atomic E-state index is 13.9. The van der Waals surface area contributed by atoms with Crippen molar-refractivity contribution in [2.75, 3.05) is 19.4 Å². The van der Waals surface area contributed by atoms with Crippen molar-refractivity contribution in [3.8, 4) is 10.4 Å². The number of benzene rings is 2. The SMILES string of the molecule is CN(C)C(=O)Sc1ccc(NC(=O)c2ccc(-c3ccccc3F)s2)cc1. The lowest BCUT2D eigenvalue weighted by Gasteiger charge is -2.09. The maximum atomic E-state index is 13.9. The quantitative estimate of drug-likeness (QED) is 0.582. The predicted octanol–water partition coefficient (Wildman–Crippen LogP) is 5.58. The first-order valence-electron chi connectivity index (χ1n) is 8.09. The number of carbonyl (C=O) groups is 2. The average Bonchev–Trinajstić information content (AvgIpc) is 3.13. The van der Waals surface area contributed by atoms with Crippen LogP contribution < -0.4 is 5.32 Å². The van der Waals surface area contributed by atoms with Crippen molar-refractivity contribution in [1.29, 1.82) is 0 Å². The van der Waals surface area contributed by atoms with Gasteiger partial charge in [-0.3, -0.25) is 9.59 Å². The maximum Gasteiger partial charge on any atom is 0.285 e. The fourth-order valence-corrected chi connectivity index (χ4v) is 3.84. The van der Waals surface area contributed by atoms with E-state index in [2.05, 4.69) is 5.32 Å². The first-order valence-corrected chi connectivity index (χ1v) is 9.72. The monoisotopic (exact) mass is 400 g/mol. The summed E-state index contributed by atoms with van der Waals surface area (Å²) < 4.78 is 13.9. The molecule has 0 bridgehead atoms. The van der Waals surface area contributed by atoms with Crippen LogP contribution in [0, 0.1) is 5.82 Å². The van der Waals surface area contributed by atoms with Gasteiger partial charge in [-0.1, -0.05) is 18.2 Å². The zero-order valence-electron chi connectivity index (χ0n) is 14.7. The van der Waals surface area contributed by atoms with Crippen LogP contribution in [0.4, 0.5) is 14.9 Å². The second kappa shape index (κ2) is 8.37. The zero-order chi connectivity index (χ0) is 19.4. The molecular weight excluding hydrogens is 383 g/mol. The molecule has 0 aliphatic heterocycles. The Kier molecular flexibility index (Phi) is 5.93. The molecule has 7 heteroatoms. The molecule has 2 aromatic carbocycles. The van der Waals surface area contributed by atoms with Gasteiger partial charge in [-0.2, -0.15) is 0 Å². The molecule has 0 fully saturated rings. The number of anilines is 1. The fraction of sp³-hybridized carbons (Fsp3) is 0.100. The Balaban J connectivity index is 1.67. The minimum Gasteiger partial charge on any atom is -0.339 e. The summed E-state index contributed by atoms with van der Waals surface area (Å²) >= 11 is 2.35.